The maximum atomic E-state index is 12.5. The maximum Gasteiger partial charge on any atom is 0.322 e. The molecule has 3 rings (SSSR count). The van der Waals surface area contributed by atoms with Crippen LogP contribution in [0.1, 0.15) is 15.9 Å². The number of carbonyl (C=O) groups is 2. The number of benzene rings is 2. The second kappa shape index (κ2) is 13.7. The highest BCUT2D eigenvalue weighted by Crippen LogP contribution is 2.13. The molecule has 2 aromatic rings. The lowest BCUT2D eigenvalue weighted by Gasteiger charge is -2.37. The fourth-order valence-electron chi connectivity index (χ4n) is 3.75. The predicted octanol–water partition coefficient (Wildman–Crippen LogP) is 1.69. The highest BCUT2D eigenvalue weighted by molar-refractivity contribution is 5.94. The van der Waals surface area contributed by atoms with Crippen molar-refractivity contribution in [3.8, 4) is 5.75 Å². The predicted molar refractivity (Wildman–Crippen MR) is 127 cm³/mol. The van der Waals surface area contributed by atoms with Crippen molar-refractivity contribution < 1.29 is 28.9 Å². The van der Waals surface area contributed by atoms with Crippen LogP contribution < -0.4 is 10.1 Å². The molecule has 9 heteroatoms. The molecule has 1 amide bonds. The summed E-state index contributed by atoms with van der Waals surface area (Å²) in [6, 6.07) is 16.1. The summed E-state index contributed by atoms with van der Waals surface area (Å²) in [6.45, 7) is 4.74. The molecular formula is C25H33N3O6. The van der Waals surface area contributed by atoms with E-state index in [0.29, 0.717) is 37.6 Å². The Morgan fingerprint density at radius 3 is 2.35 bits per heavy atom. The number of hydrogen-bond acceptors (Lipinski definition) is 7. The quantitative estimate of drug-likeness (QED) is 0.336. The summed E-state index contributed by atoms with van der Waals surface area (Å²) in [5, 5.41) is 12.5. The molecule has 0 aliphatic carbocycles. The van der Waals surface area contributed by atoms with Gasteiger partial charge in [0.05, 0.1) is 13.2 Å². The van der Waals surface area contributed by atoms with Crippen molar-refractivity contribution in [1.82, 2.24) is 15.1 Å². The minimum Gasteiger partial charge on any atom is -0.480 e. The molecule has 1 fully saturated rings. The lowest BCUT2D eigenvalue weighted by Crippen LogP contribution is -2.55. The third-order valence-electron chi connectivity index (χ3n) is 5.69. The Bertz CT molecular complexity index is 885. The van der Waals surface area contributed by atoms with Gasteiger partial charge in [-0.25, -0.2) is 0 Å². The number of hydrogen-bond donors (Lipinski definition) is 2. The molecule has 1 atom stereocenters. The van der Waals surface area contributed by atoms with Gasteiger partial charge in [-0.3, -0.25) is 19.4 Å². The molecule has 2 aromatic carbocycles. The first-order valence-corrected chi connectivity index (χ1v) is 11.4. The van der Waals surface area contributed by atoms with Crippen LogP contribution in [0.4, 0.5) is 0 Å². The Hall–Kier alpha value is -2.98. The largest absolute Gasteiger partial charge is 0.480 e. The number of carboxylic acids is 1. The van der Waals surface area contributed by atoms with Crippen molar-refractivity contribution in [3.63, 3.8) is 0 Å². The van der Waals surface area contributed by atoms with Gasteiger partial charge in [0.15, 0.2) is 6.79 Å². The van der Waals surface area contributed by atoms with E-state index in [1.807, 2.05) is 23.1 Å². The van der Waals surface area contributed by atoms with E-state index < -0.39 is 12.0 Å². The molecule has 0 unspecified atom stereocenters. The summed E-state index contributed by atoms with van der Waals surface area (Å²) >= 11 is 0. The third-order valence-corrected chi connectivity index (χ3v) is 5.69. The third kappa shape index (κ3) is 8.11. The van der Waals surface area contributed by atoms with Gasteiger partial charge in [0.25, 0.3) is 5.91 Å². The molecule has 2 N–H and O–H groups in total. The number of amides is 1. The minimum atomic E-state index is -0.936. The summed E-state index contributed by atoms with van der Waals surface area (Å²) < 4.78 is 15.6. The van der Waals surface area contributed by atoms with E-state index in [0.717, 1.165) is 19.6 Å². The number of methoxy groups -OCH3 is 1. The fourth-order valence-corrected chi connectivity index (χ4v) is 3.75. The van der Waals surface area contributed by atoms with Crippen LogP contribution in [0.5, 0.6) is 5.75 Å². The van der Waals surface area contributed by atoms with E-state index in [1.165, 1.54) is 5.56 Å². The normalized spacial score (nSPS) is 15.6. The molecule has 1 aliphatic heterocycles. The Kier molecular flexibility index (Phi) is 10.3. The van der Waals surface area contributed by atoms with Gasteiger partial charge in [-0.05, 0) is 29.8 Å². The van der Waals surface area contributed by atoms with Crippen LogP contribution in [0, 0.1) is 0 Å². The maximum absolute atomic E-state index is 12.5. The number of piperazine rings is 1. The van der Waals surface area contributed by atoms with Gasteiger partial charge >= 0.3 is 5.97 Å². The van der Waals surface area contributed by atoms with Crippen LogP contribution in [0.2, 0.25) is 0 Å². The monoisotopic (exact) mass is 471 g/mol. The molecule has 0 bridgehead atoms. The van der Waals surface area contributed by atoms with Crippen molar-refractivity contribution >= 4 is 11.9 Å². The minimum absolute atomic E-state index is 0.0401. The zero-order chi connectivity index (χ0) is 24.2. The zero-order valence-corrected chi connectivity index (χ0v) is 19.5. The first-order chi connectivity index (χ1) is 16.6. The van der Waals surface area contributed by atoms with E-state index in [4.69, 9.17) is 14.2 Å². The molecular weight excluding hydrogens is 438 g/mol. The van der Waals surface area contributed by atoms with Gasteiger partial charge in [0, 0.05) is 51.9 Å². The summed E-state index contributed by atoms with van der Waals surface area (Å²) in [5.74, 6) is -0.684. The van der Waals surface area contributed by atoms with Crippen LogP contribution in [0.3, 0.4) is 0 Å². The molecule has 1 saturated heterocycles. The number of ether oxygens (including phenoxy) is 3. The second-order valence-electron chi connectivity index (χ2n) is 8.05. The van der Waals surface area contributed by atoms with E-state index in [-0.39, 0.29) is 19.2 Å². The van der Waals surface area contributed by atoms with E-state index in [2.05, 4.69) is 22.3 Å². The molecule has 34 heavy (non-hydrogen) atoms. The molecule has 0 radical (unpaired) electrons. The number of nitrogens with one attached hydrogen (secondary N) is 1. The highest BCUT2D eigenvalue weighted by Gasteiger charge is 2.29. The first kappa shape index (κ1) is 25.6. The van der Waals surface area contributed by atoms with Crippen LogP contribution >= 0.6 is 0 Å². The van der Waals surface area contributed by atoms with E-state index >= 15 is 0 Å². The highest BCUT2D eigenvalue weighted by atomic mass is 16.7. The van der Waals surface area contributed by atoms with Gasteiger partial charge in [0.1, 0.15) is 11.8 Å². The van der Waals surface area contributed by atoms with Gasteiger partial charge in [-0.2, -0.15) is 0 Å². The van der Waals surface area contributed by atoms with Crippen molar-refractivity contribution in [2.45, 2.75) is 12.6 Å². The SMILES string of the molecule is COCCOCOc1ccc(C(=O)NC[C@@H](C(=O)O)N2CCN(Cc3ccccc3)CC2)cc1. The lowest BCUT2D eigenvalue weighted by molar-refractivity contribution is -0.143. The smallest absolute Gasteiger partial charge is 0.322 e. The first-order valence-electron chi connectivity index (χ1n) is 11.4. The Balaban J connectivity index is 1.43. The number of carbonyl (C=O) groups excluding carboxylic acids is 1. The molecule has 1 heterocycles. The standard InChI is InChI=1S/C25H33N3O6/c1-32-15-16-33-19-34-22-9-7-21(8-10-22)24(29)26-17-23(25(30)31)28-13-11-27(12-14-28)18-20-5-3-2-4-6-20/h2-10,23H,11-19H2,1H3,(H,26,29)(H,30,31)/t23-/m0/s1. The number of carboxylic acid groups (broad SMARTS) is 1. The molecule has 1 aliphatic rings. The number of aliphatic carboxylic acids is 1. The summed E-state index contributed by atoms with van der Waals surface area (Å²) in [7, 11) is 1.60. The average molecular weight is 472 g/mol. The average Bonchev–Trinajstić information content (AvgIpc) is 2.86. The Morgan fingerprint density at radius 2 is 1.71 bits per heavy atom. The summed E-state index contributed by atoms with van der Waals surface area (Å²) in [4.78, 5) is 28.7. The van der Waals surface area contributed by atoms with Crippen molar-refractivity contribution in [1.29, 1.82) is 0 Å². The molecule has 0 spiro atoms. The molecule has 9 nitrogen and oxygen atoms in total. The molecule has 0 aromatic heterocycles. The van der Waals surface area contributed by atoms with Gasteiger partial charge in [-0.15, -0.1) is 0 Å². The van der Waals surface area contributed by atoms with Crippen LogP contribution in [0.25, 0.3) is 0 Å². The lowest BCUT2D eigenvalue weighted by atomic mass is 10.1. The van der Waals surface area contributed by atoms with Gasteiger partial charge in [0.2, 0.25) is 0 Å². The van der Waals surface area contributed by atoms with Gasteiger partial charge in [-0.1, -0.05) is 30.3 Å². The Labute approximate surface area is 200 Å². The Morgan fingerprint density at radius 1 is 1.00 bits per heavy atom. The second-order valence-corrected chi connectivity index (χ2v) is 8.05. The summed E-state index contributed by atoms with van der Waals surface area (Å²) in [5.41, 5.74) is 1.68. The summed E-state index contributed by atoms with van der Waals surface area (Å²) in [6.07, 6.45) is 0. The van der Waals surface area contributed by atoms with Crippen LogP contribution in [-0.2, 0) is 20.8 Å². The van der Waals surface area contributed by atoms with Crippen LogP contribution in [0.15, 0.2) is 54.6 Å². The zero-order valence-electron chi connectivity index (χ0n) is 19.5. The fraction of sp³-hybridized carbons (Fsp3) is 0.440. The van der Waals surface area contributed by atoms with Gasteiger partial charge < -0.3 is 24.6 Å². The number of nitrogens with zero attached hydrogens (tertiary/aromatic N) is 2. The molecule has 184 valence electrons. The van der Waals surface area contributed by atoms with Crippen LogP contribution in [-0.4, -0.2) is 92.7 Å². The van der Waals surface area contributed by atoms with Crippen molar-refractivity contribution in [3.05, 3.63) is 65.7 Å². The van der Waals surface area contributed by atoms with Crippen molar-refractivity contribution in [2.75, 3.05) is 59.8 Å². The topological polar surface area (TPSA) is 101 Å². The van der Waals surface area contributed by atoms with Crippen molar-refractivity contribution in [2.24, 2.45) is 0 Å². The van der Waals surface area contributed by atoms with E-state index in [9.17, 15) is 14.7 Å². The molecule has 0 saturated carbocycles. The number of rotatable bonds is 13. The van der Waals surface area contributed by atoms with E-state index in [1.54, 1.807) is 31.4 Å².